The quantitative estimate of drug-likeness (QED) is 0.462. The smallest absolute Gasteiger partial charge is 0.173 e. The van der Waals surface area contributed by atoms with Crippen LogP contribution in [0.2, 0.25) is 0 Å². The lowest BCUT2D eigenvalue weighted by molar-refractivity contribution is -0.129. The fraction of sp³-hybridized carbons (Fsp3) is 1.00. The van der Waals surface area contributed by atoms with Gasteiger partial charge in [0.15, 0.2) is 6.29 Å². The molecule has 0 rings (SSSR count). The molecule has 0 aromatic rings. The normalized spacial score (nSPS) is 14.7. The molecule has 4 heteroatoms. The topological polar surface area (TPSA) is 21.7 Å². The largest absolute Gasteiger partial charge is 0.354 e. The van der Waals surface area contributed by atoms with Crippen molar-refractivity contribution in [1.29, 1.82) is 0 Å². The van der Waals surface area contributed by atoms with E-state index in [1.807, 2.05) is 6.92 Å². The highest BCUT2D eigenvalue weighted by molar-refractivity contribution is 6.13. The van der Waals surface area contributed by atoms with Gasteiger partial charge in [-0.3, -0.25) is 0 Å². The number of rotatable bonds is 4. The molecule has 0 saturated heterocycles. The lowest BCUT2D eigenvalue weighted by Crippen LogP contribution is -2.36. The van der Waals surface area contributed by atoms with Crippen LogP contribution in [0.15, 0.2) is 0 Å². The van der Waals surface area contributed by atoms with Gasteiger partial charge in [0.25, 0.3) is 0 Å². The standard InChI is InChI=1S/C6H14ClNO2/c1-5(8(2)7)6(9-3)10-4/h5-6H,1-4H3/t5-/m0/s1. The van der Waals surface area contributed by atoms with Gasteiger partial charge < -0.3 is 9.47 Å². The third-order valence-corrected chi connectivity index (χ3v) is 1.73. The van der Waals surface area contributed by atoms with Gasteiger partial charge in [-0.2, -0.15) is 0 Å². The minimum Gasteiger partial charge on any atom is -0.354 e. The van der Waals surface area contributed by atoms with Crippen molar-refractivity contribution in [1.82, 2.24) is 4.42 Å². The Morgan fingerprint density at radius 3 is 1.80 bits per heavy atom. The molecular weight excluding hydrogens is 154 g/mol. The fourth-order valence-electron chi connectivity index (χ4n) is 0.658. The van der Waals surface area contributed by atoms with Gasteiger partial charge in [0, 0.05) is 21.3 Å². The monoisotopic (exact) mass is 167 g/mol. The molecular formula is C6H14ClNO2. The lowest BCUT2D eigenvalue weighted by Gasteiger charge is -2.24. The minimum absolute atomic E-state index is 0.0525. The maximum absolute atomic E-state index is 5.65. The highest BCUT2D eigenvalue weighted by atomic mass is 35.5. The molecule has 3 nitrogen and oxygen atoms in total. The Labute approximate surface area is 67.0 Å². The molecule has 0 radical (unpaired) electrons. The molecule has 0 saturated carbocycles. The van der Waals surface area contributed by atoms with E-state index >= 15 is 0 Å². The Bertz CT molecular complexity index is 85.8. The molecule has 0 fully saturated rings. The molecule has 0 aromatic carbocycles. The number of methoxy groups -OCH3 is 2. The second-order valence-electron chi connectivity index (χ2n) is 2.11. The van der Waals surface area contributed by atoms with Crippen LogP contribution in [-0.2, 0) is 9.47 Å². The van der Waals surface area contributed by atoms with Gasteiger partial charge in [0.1, 0.15) is 0 Å². The molecule has 0 unspecified atom stereocenters. The number of hydrogen-bond acceptors (Lipinski definition) is 3. The van der Waals surface area contributed by atoms with Crippen LogP contribution in [0, 0.1) is 0 Å². The van der Waals surface area contributed by atoms with Crippen molar-refractivity contribution in [3.63, 3.8) is 0 Å². The van der Waals surface area contributed by atoms with Gasteiger partial charge in [-0.15, -0.1) is 0 Å². The van der Waals surface area contributed by atoms with E-state index in [-0.39, 0.29) is 12.3 Å². The number of hydrogen-bond donors (Lipinski definition) is 0. The zero-order valence-corrected chi connectivity index (χ0v) is 7.55. The van der Waals surface area contributed by atoms with Crippen molar-refractivity contribution in [2.24, 2.45) is 0 Å². The lowest BCUT2D eigenvalue weighted by atomic mass is 10.3. The minimum atomic E-state index is -0.262. The summed E-state index contributed by atoms with van der Waals surface area (Å²) in [6.45, 7) is 1.92. The van der Waals surface area contributed by atoms with E-state index in [9.17, 15) is 0 Å². The van der Waals surface area contributed by atoms with Crippen molar-refractivity contribution < 1.29 is 9.47 Å². The van der Waals surface area contributed by atoms with Gasteiger partial charge in [0.2, 0.25) is 0 Å². The fourth-order valence-corrected chi connectivity index (χ4v) is 0.750. The van der Waals surface area contributed by atoms with Gasteiger partial charge in [-0.1, -0.05) is 0 Å². The first-order valence-corrected chi connectivity index (χ1v) is 3.41. The number of ether oxygens (including phenoxy) is 2. The number of likely N-dealkylation sites (N-methyl/N-ethyl adjacent to an activating group) is 1. The molecule has 1 atom stereocenters. The molecule has 10 heavy (non-hydrogen) atoms. The average molecular weight is 168 g/mol. The zero-order chi connectivity index (χ0) is 8.15. The van der Waals surface area contributed by atoms with E-state index in [0.717, 1.165) is 0 Å². The molecule has 0 heterocycles. The first kappa shape index (κ1) is 10.2. The molecule has 0 aliphatic carbocycles. The summed E-state index contributed by atoms with van der Waals surface area (Å²) in [5.74, 6) is 0. The van der Waals surface area contributed by atoms with Crippen molar-refractivity contribution in [2.45, 2.75) is 19.3 Å². The van der Waals surface area contributed by atoms with E-state index in [2.05, 4.69) is 0 Å². The maximum atomic E-state index is 5.65. The summed E-state index contributed by atoms with van der Waals surface area (Å²) in [4.78, 5) is 0. The van der Waals surface area contributed by atoms with Crippen LogP contribution < -0.4 is 0 Å². The van der Waals surface area contributed by atoms with Crippen molar-refractivity contribution in [3.05, 3.63) is 0 Å². The summed E-state index contributed by atoms with van der Waals surface area (Å²) < 4.78 is 11.5. The highest BCUT2D eigenvalue weighted by Crippen LogP contribution is 2.07. The van der Waals surface area contributed by atoms with Crippen molar-refractivity contribution in [2.75, 3.05) is 21.3 Å². The van der Waals surface area contributed by atoms with Crippen molar-refractivity contribution in [3.8, 4) is 0 Å². The van der Waals surface area contributed by atoms with Crippen LogP contribution in [0.4, 0.5) is 0 Å². The zero-order valence-electron chi connectivity index (χ0n) is 6.80. The molecule has 0 bridgehead atoms. The average Bonchev–Trinajstić information content (AvgIpc) is 1.90. The third-order valence-electron chi connectivity index (χ3n) is 1.42. The molecule has 0 aliphatic rings. The maximum Gasteiger partial charge on any atom is 0.173 e. The van der Waals surface area contributed by atoms with Crippen LogP contribution >= 0.6 is 11.8 Å². The Hall–Kier alpha value is 0.170. The predicted molar refractivity (Wildman–Crippen MR) is 40.9 cm³/mol. The molecule has 0 N–H and O–H groups in total. The molecule has 0 amide bonds. The molecule has 62 valence electrons. The second-order valence-corrected chi connectivity index (χ2v) is 2.64. The van der Waals surface area contributed by atoms with Gasteiger partial charge >= 0.3 is 0 Å². The van der Waals surface area contributed by atoms with E-state index in [1.165, 1.54) is 4.42 Å². The summed E-state index contributed by atoms with van der Waals surface area (Å²) in [7, 11) is 4.94. The summed E-state index contributed by atoms with van der Waals surface area (Å²) in [6, 6.07) is 0.0525. The SMILES string of the molecule is COC(OC)[C@H](C)N(C)Cl. The predicted octanol–water partition coefficient (Wildman–Crippen LogP) is 1.08. The summed E-state index contributed by atoms with van der Waals surface area (Å²) in [6.07, 6.45) is -0.262. The van der Waals surface area contributed by atoms with Crippen LogP contribution in [-0.4, -0.2) is 38.0 Å². The Morgan fingerprint density at radius 1 is 1.30 bits per heavy atom. The highest BCUT2D eigenvalue weighted by Gasteiger charge is 2.18. The van der Waals surface area contributed by atoms with Gasteiger partial charge in [-0.05, 0) is 18.7 Å². The number of nitrogens with zero attached hydrogens (tertiary/aromatic N) is 1. The van der Waals surface area contributed by atoms with E-state index < -0.39 is 0 Å². The van der Waals surface area contributed by atoms with Crippen LogP contribution in [0.5, 0.6) is 0 Å². The first-order valence-electron chi connectivity index (χ1n) is 3.07. The van der Waals surface area contributed by atoms with E-state index in [1.54, 1.807) is 21.3 Å². The second kappa shape index (κ2) is 4.91. The summed E-state index contributed by atoms with van der Waals surface area (Å²) in [5.41, 5.74) is 0. The van der Waals surface area contributed by atoms with E-state index in [0.29, 0.717) is 0 Å². The Balaban J connectivity index is 3.76. The molecule has 0 spiro atoms. The molecule has 0 aromatic heterocycles. The first-order chi connectivity index (χ1) is 4.63. The summed E-state index contributed by atoms with van der Waals surface area (Å²) in [5, 5.41) is 0. The van der Waals surface area contributed by atoms with Crippen molar-refractivity contribution >= 4 is 11.8 Å². The molecule has 0 aliphatic heterocycles. The Kier molecular flexibility index (Phi) is 4.99. The van der Waals surface area contributed by atoms with Gasteiger partial charge in [-0.25, -0.2) is 4.42 Å². The Morgan fingerprint density at radius 2 is 1.70 bits per heavy atom. The number of halogens is 1. The van der Waals surface area contributed by atoms with Crippen LogP contribution in [0.1, 0.15) is 6.92 Å². The third kappa shape index (κ3) is 2.84. The van der Waals surface area contributed by atoms with Crippen LogP contribution in [0.25, 0.3) is 0 Å². The van der Waals surface area contributed by atoms with Gasteiger partial charge in [0.05, 0.1) is 6.04 Å². The van der Waals surface area contributed by atoms with Crippen LogP contribution in [0.3, 0.4) is 0 Å². The van der Waals surface area contributed by atoms with E-state index in [4.69, 9.17) is 21.3 Å². The summed E-state index contributed by atoms with van der Waals surface area (Å²) >= 11 is 5.65.